The van der Waals surface area contributed by atoms with Crippen LogP contribution in [0.25, 0.3) is 0 Å². The molecule has 1 aliphatic rings. The van der Waals surface area contributed by atoms with Crippen molar-refractivity contribution in [3.05, 3.63) is 0 Å². The molecule has 0 aromatic carbocycles. The molecular formula is C10H20N2O2. The quantitative estimate of drug-likeness (QED) is 0.634. The lowest BCUT2D eigenvalue weighted by Crippen LogP contribution is -2.48. The Morgan fingerprint density at radius 2 is 2.14 bits per heavy atom. The predicted octanol–water partition coefficient (Wildman–Crippen LogP) is 0.137. The first-order valence-corrected chi connectivity index (χ1v) is 5.10. The van der Waals surface area contributed by atoms with Crippen LogP contribution in [0, 0.1) is 5.92 Å². The summed E-state index contributed by atoms with van der Waals surface area (Å²) in [5.74, 6) is 0.502. The number of esters is 1. The second kappa shape index (κ2) is 4.75. The third-order valence-corrected chi connectivity index (χ3v) is 1.99. The Bertz CT molecular complexity index is 195. The highest BCUT2D eigenvalue weighted by Gasteiger charge is 2.18. The molecule has 82 valence electrons. The Morgan fingerprint density at radius 3 is 2.57 bits per heavy atom. The number of hydrogen-bond acceptors (Lipinski definition) is 4. The van der Waals surface area contributed by atoms with E-state index in [9.17, 15) is 4.79 Å². The number of rotatable bonds is 4. The van der Waals surface area contributed by atoms with Gasteiger partial charge in [0, 0.05) is 19.6 Å². The first-order valence-electron chi connectivity index (χ1n) is 5.10. The summed E-state index contributed by atoms with van der Waals surface area (Å²) in [4.78, 5) is 11.2. The topological polar surface area (TPSA) is 50.4 Å². The molecule has 14 heavy (non-hydrogen) atoms. The van der Waals surface area contributed by atoms with Crippen LogP contribution in [0.3, 0.4) is 0 Å². The largest absolute Gasteiger partial charge is 0.459 e. The molecule has 2 N–H and O–H groups in total. The van der Waals surface area contributed by atoms with Gasteiger partial charge in [0.05, 0.1) is 6.54 Å². The summed E-state index contributed by atoms with van der Waals surface area (Å²) in [7, 11) is 0. The molecule has 1 fully saturated rings. The van der Waals surface area contributed by atoms with Crippen LogP contribution < -0.4 is 10.6 Å². The number of ether oxygens (including phenoxy) is 1. The standard InChI is InChI=1S/C10H20N2O2/c1-10(2,3)14-9(13)7-12-6-8-4-11-5-8/h8,11-12H,4-7H2,1-3H3. The minimum Gasteiger partial charge on any atom is -0.459 e. The van der Waals surface area contributed by atoms with Crippen LogP contribution >= 0.6 is 0 Å². The van der Waals surface area contributed by atoms with Gasteiger partial charge in [-0.25, -0.2) is 0 Å². The molecule has 1 heterocycles. The summed E-state index contributed by atoms with van der Waals surface area (Å²) >= 11 is 0. The first-order chi connectivity index (χ1) is 6.47. The molecule has 0 spiro atoms. The van der Waals surface area contributed by atoms with E-state index in [0.29, 0.717) is 12.5 Å². The Labute approximate surface area is 85.4 Å². The maximum absolute atomic E-state index is 11.2. The van der Waals surface area contributed by atoms with Crippen LogP contribution in [0.15, 0.2) is 0 Å². The lowest BCUT2D eigenvalue weighted by molar-refractivity contribution is -0.153. The highest BCUT2D eigenvalue weighted by molar-refractivity contribution is 5.72. The van der Waals surface area contributed by atoms with Gasteiger partial charge in [0.15, 0.2) is 0 Å². The normalized spacial score (nSPS) is 17.6. The Balaban J connectivity index is 2.02. The molecule has 0 aliphatic carbocycles. The van der Waals surface area contributed by atoms with E-state index in [1.165, 1.54) is 0 Å². The number of carbonyl (C=O) groups excluding carboxylic acids is 1. The molecular weight excluding hydrogens is 180 g/mol. The smallest absolute Gasteiger partial charge is 0.320 e. The minimum absolute atomic E-state index is 0.176. The lowest BCUT2D eigenvalue weighted by atomic mass is 10.0. The van der Waals surface area contributed by atoms with Crippen molar-refractivity contribution < 1.29 is 9.53 Å². The van der Waals surface area contributed by atoms with Crippen LogP contribution in [-0.2, 0) is 9.53 Å². The van der Waals surface area contributed by atoms with E-state index >= 15 is 0 Å². The van der Waals surface area contributed by atoms with Gasteiger partial charge in [0.1, 0.15) is 5.60 Å². The fourth-order valence-corrected chi connectivity index (χ4v) is 1.25. The molecule has 0 aromatic heterocycles. The first kappa shape index (κ1) is 11.5. The summed E-state index contributed by atoms with van der Waals surface area (Å²) in [6, 6.07) is 0. The molecule has 0 amide bonds. The van der Waals surface area contributed by atoms with E-state index in [1.54, 1.807) is 0 Å². The van der Waals surface area contributed by atoms with E-state index < -0.39 is 0 Å². The molecule has 4 nitrogen and oxygen atoms in total. The Hall–Kier alpha value is -0.610. The Morgan fingerprint density at radius 1 is 1.50 bits per heavy atom. The minimum atomic E-state index is -0.378. The van der Waals surface area contributed by atoms with E-state index in [2.05, 4.69) is 10.6 Å². The SMILES string of the molecule is CC(C)(C)OC(=O)CNCC1CNC1. The predicted molar refractivity (Wildman–Crippen MR) is 55.1 cm³/mol. The molecule has 1 saturated heterocycles. The second-order valence-electron chi connectivity index (χ2n) is 4.74. The highest BCUT2D eigenvalue weighted by atomic mass is 16.6. The van der Waals surface area contributed by atoms with Gasteiger partial charge in [-0.2, -0.15) is 0 Å². The zero-order valence-corrected chi connectivity index (χ0v) is 9.22. The van der Waals surface area contributed by atoms with E-state index in [4.69, 9.17) is 4.74 Å². The van der Waals surface area contributed by atoms with Crippen molar-refractivity contribution in [2.45, 2.75) is 26.4 Å². The molecule has 1 aliphatic heterocycles. The van der Waals surface area contributed by atoms with Crippen molar-refractivity contribution in [1.29, 1.82) is 0 Å². The van der Waals surface area contributed by atoms with Crippen LogP contribution in [0.5, 0.6) is 0 Å². The van der Waals surface area contributed by atoms with Gasteiger partial charge in [-0.15, -0.1) is 0 Å². The van der Waals surface area contributed by atoms with Gasteiger partial charge < -0.3 is 15.4 Å². The van der Waals surface area contributed by atoms with Crippen LogP contribution in [0.2, 0.25) is 0 Å². The lowest BCUT2D eigenvalue weighted by Gasteiger charge is -2.27. The molecule has 1 rings (SSSR count). The second-order valence-corrected chi connectivity index (χ2v) is 4.74. The average Bonchev–Trinajstić information content (AvgIpc) is 1.90. The third-order valence-electron chi connectivity index (χ3n) is 1.99. The van der Waals surface area contributed by atoms with Gasteiger partial charge in [-0.1, -0.05) is 0 Å². The molecule has 0 bridgehead atoms. The third kappa shape index (κ3) is 4.58. The summed E-state index contributed by atoms with van der Waals surface area (Å²) in [5.41, 5.74) is -0.378. The van der Waals surface area contributed by atoms with Crippen LogP contribution in [-0.4, -0.2) is 37.7 Å². The van der Waals surface area contributed by atoms with E-state index in [0.717, 1.165) is 19.6 Å². The molecule has 0 radical (unpaired) electrons. The maximum atomic E-state index is 11.2. The summed E-state index contributed by atoms with van der Waals surface area (Å²) < 4.78 is 5.15. The van der Waals surface area contributed by atoms with Crippen molar-refractivity contribution in [2.75, 3.05) is 26.2 Å². The zero-order chi connectivity index (χ0) is 10.6. The van der Waals surface area contributed by atoms with Gasteiger partial charge in [-0.05, 0) is 26.7 Å². The molecule has 0 atom stereocenters. The molecule has 0 saturated carbocycles. The van der Waals surface area contributed by atoms with Gasteiger partial charge in [0.2, 0.25) is 0 Å². The Kier molecular flexibility index (Phi) is 3.89. The molecule has 0 unspecified atom stereocenters. The summed E-state index contributed by atoms with van der Waals surface area (Å²) in [6.07, 6.45) is 0. The fraction of sp³-hybridized carbons (Fsp3) is 0.900. The van der Waals surface area contributed by atoms with Crippen molar-refractivity contribution in [1.82, 2.24) is 10.6 Å². The monoisotopic (exact) mass is 200 g/mol. The van der Waals surface area contributed by atoms with E-state index in [1.807, 2.05) is 20.8 Å². The van der Waals surface area contributed by atoms with Crippen molar-refractivity contribution in [3.8, 4) is 0 Å². The van der Waals surface area contributed by atoms with Gasteiger partial charge in [0.25, 0.3) is 0 Å². The number of carbonyl (C=O) groups is 1. The average molecular weight is 200 g/mol. The van der Waals surface area contributed by atoms with Crippen molar-refractivity contribution in [3.63, 3.8) is 0 Å². The van der Waals surface area contributed by atoms with Crippen LogP contribution in [0.4, 0.5) is 0 Å². The summed E-state index contributed by atoms with van der Waals surface area (Å²) in [5, 5.41) is 6.28. The van der Waals surface area contributed by atoms with Crippen molar-refractivity contribution in [2.24, 2.45) is 5.92 Å². The fourth-order valence-electron chi connectivity index (χ4n) is 1.25. The van der Waals surface area contributed by atoms with Crippen LogP contribution in [0.1, 0.15) is 20.8 Å². The van der Waals surface area contributed by atoms with Gasteiger partial charge >= 0.3 is 5.97 Å². The summed E-state index contributed by atoms with van der Waals surface area (Å²) in [6.45, 7) is 8.95. The molecule has 4 heteroatoms. The van der Waals surface area contributed by atoms with Gasteiger partial charge in [-0.3, -0.25) is 4.79 Å². The maximum Gasteiger partial charge on any atom is 0.320 e. The number of hydrogen-bond donors (Lipinski definition) is 2. The number of nitrogens with one attached hydrogen (secondary N) is 2. The highest BCUT2D eigenvalue weighted by Crippen LogP contribution is 2.06. The molecule has 0 aromatic rings. The van der Waals surface area contributed by atoms with Crippen molar-refractivity contribution >= 4 is 5.97 Å². The zero-order valence-electron chi connectivity index (χ0n) is 9.22. The van der Waals surface area contributed by atoms with E-state index in [-0.39, 0.29) is 11.6 Å².